The van der Waals surface area contributed by atoms with Crippen molar-refractivity contribution in [2.24, 2.45) is 0 Å². The summed E-state index contributed by atoms with van der Waals surface area (Å²) in [5.41, 5.74) is 0.129. The molecule has 0 aliphatic rings. The Hall–Kier alpha value is -0.620. The average Bonchev–Trinajstić information content (AvgIpc) is 2.17. The fourth-order valence-electron chi connectivity index (χ4n) is 1.23. The Balaban J connectivity index is 2.73. The van der Waals surface area contributed by atoms with E-state index in [0.29, 0.717) is 0 Å². The van der Waals surface area contributed by atoms with E-state index in [-0.39, 0.29) is 10.0 Å². The Kier molecular flexibility index (Phi) is 4.32. The summed E-state index contributed by atoms with van der Waals surface area (Å²) in [6.45, 7) is 0. The largest absolute Gasteiger partial charge is 0.389 e. The molecule has 0 aromatic heterocycles. The lowest BCUT2D eigenvalue weighted by Crippen LogP contribution is -2.10. The van der Waals surface area contributed by atoms with Crippen molar-refractivity contribution in [2.45, 2.75) is 25.1 Å². The highest BCUT2D eigenvalue weighted by atomic mass is 79.9. The fourth-order valence-corrected chi connectivity index (χ4v) is 1.76. The Labute approximate surface area is 98.2 Å². The summed E-state index contributed by atoms with van der Waals surface area (Å²) in [6.07, 6.45) is -7.23. The molecule has 0 saturated heterocycles. The monoisotopic (exact) mass is 300 g/mol. The standard InChI is InChI=1S/C10H9BrF4O/c11-9-6(2-1-3-7(9)12)8(16)4-5-10(13,14)15/h1-3,8,16H,4-5H2. The summed E-state index contributed by atoms with van der Waals surface area (Å²) < 4.78 is 48.8. The van der Waals surface area contributed by atoms with Gasteiger partial charge in [0, 0.05) is 6.42 Å². The molecule has 90 valence electrons. The molecule has 16 heavy (non-hydrogen) atoms. The van der Waals surface area contributed by atoms with Gasteiger partial charge < -0.3 is 5.11 Å². The first-order valence-corrected chi connectivity index (χ1v) is 5.29. The van der Waals surface area contributed by atoms with Crippen LogP contribution >= 0.6 is 15.9 Å². The molecule has 1 rings (SSSR count). The van der Waals surface area contributed by atoms with Crippen molar-refractivity contribution < 1.29 is 22.7 Å². The van der Waals surface area contributed by atoms with E-state index in [1.165, 1.54) is 12.1 Å². The highest BCUT2D eigenvalue weighted by molar-refractivity contribution is 9.10. The summed E-state index contributed by atoms with van der Waals surface area (Å²) in [7, 11) is 0. The number of benzene rings is 1. The van der Waals surface area contributed by atoms with Crippen molar-refractivity contribution in [3.63, 3.8) is 0 Å². The minimum absolute atomic E-state index is 0.00433. The maximum atomic E-state index is 13.0. The lowest BCUT2D eigenvalue weighted by atomic mass is 10.0. The molecular formula is C10H9BrF4O. The Morgan fingerprint density at radius 3 is 2.50 bits per heavy atom. The molecule has 0 aliphatic carbocycles. The minimum Gasteiger partial charge on any atom is -0.388 e. The lowest BCUT2D eigenvalue weighted by molar-refractivity contribution is -0.140. The Morgan fingerprint density at radius 1 is 1.31 bits per heavy atom. The molecule has 1 unspecified atom stereocenters. The Morgan fingerprint density at radius 2 is 1.94 bits per heavy atom. The van der Waals surface area contributed by atoms with Gasteiger partial charge in [-0.2, -0.15) is 13.2 Å². The molecule has 1 N–H and O–H groups in total. The highest BCUT2D eigenvalue weighted by Crippen LogP contribution is 2.31. The molecule has 1 atom stereocenters. The molecule has 1 aromatic carbocycles. The predicted octanol–water partition coefficient (Wildman–Crippen LogP) is 3.96. The van der Waals surface area contributed by atoms with E-state index in [1.807, 2.05) is 0 Å². The van der Waals surface area contributed by atoms with Crippen LogP contribution in [0.1, 0.15) is 24.5 Å². The number of hydrogen-bond donors (Lipinski definition) is 1. The lowest BCUT2D eigenvalue weighted by Gasteiger charge is -2.14. The third-order valence-corrected chi connectivity index (χ3v) is 2.88. The number of alkyl halides is 3. The first kappa shape index (κ1) is 13.4. The van der Waals surface area contributed by atoms with Crippen LogP contribution in [0.25, 0.3) is 0 Å². The van der Waals surface area contributed by atoms with E-state index in [4.69, 9.17) is 0 Å². The SMILES string of the molecule is OC(CCC(F)(F)F)c1cccc(F)c1Br. The van der Waals surface area contributed by atoms with Gasteiger partial charge in [0.15, 0.2) is 0 Å². The van der Waals surface area contributed by atoms with Gasteiger partial charge >= 0.3 is 6.18 Å². The predicted molar refractivity (Wildman–Crippen MR) is 54.3 cm³/mol. The molecule has 0 spiro atoms. The van der Waals surface area contributed by atoms with E-state index < -0.39 is 30.9 Å². The van der Waals surface area contributed by atoms with Gasteiger partial charge in [-0.15, -0.1) is 0 Å². The van der Waals surface area contributed by atoms with Gasteiger partial charge in [-0.25, -0.2) is 4.39 Å². The number of hydrogen-bond acceptors (Lipinski definition) is 1. The molecule has 6 heteroatoms. The van der Waals surface area contributed by atoms with Crippen LogP contribution in [0.4, 0.5) is 17.6 Å². The summed E-state index contributed by atoms with van der Waals surface area (Å²) in [4.78, 5) is 0. The van der Waals surface area contributed by atoms with Gasteiger partial charge in [-0.3, -0.25) is 0 Å². The van der Waals surface area contributed by atoms with Crippen molar-refractivity contribution >= 4 is 15.9 Å². The molecule has 0 fully saturated rings. The van der Waals surface area contributed by atoms with Crippen LogP contribution in [0.5, 0.6) is 0 Å². The van der Waals surface area contributed by atoms with E-state index >= 15 is 0 Å². The van der Waals surface area contributed by atoms with Crippen molar-refractivity contribution in [3.05, 3.63) is 34.1 Å². The second kappa shape index (κ2) is 5.14. The van der Waals surface area contributed by atoms with Crippen molar-refractivity contribution in [1.29, 1.82) is 0 Å². The van der Waals surface area contributed by atoms with Crippen molar-refractivity contribution in [3.8, 4) is 0 Å². The summed E-state index contributed by atoms with van der Waals surface area (Å²) in [5, 5.41) is 9.49. The Bertz CT molecular complexity index is 364. The quantitative estimate of drug-likeness (QED) is 0.838. The maximum absolute atomic E-state index is 13.0. The van der Waals surface area contributed by atoms with Crippen LogP contribution < -0.4 is 0 Å². The molecule has 0 bridgehead atoms. The topological polar surface area (TPSA) is 20.2 Å². The first-order chi connectivity index (χ1) is 7.31. The van der Waals surface area contributed by atoms with Gasteiger partial charge in [0.1, 0.15) is 5.82 Å². The molecule has 1 aromatic rings. The third kappa shape index (κ3) is 3.75. The third-order valence-electron chi connectivity index (χ3n) is 2.04. The molecule has 0 radical (unpaired) electrons. The van der Waals surface area contributed by atoms with Gasteiger partial charge in [0.25, 0.3) is 0 Å². The van der Waals surface area contributed by atoms with Crippen LogP contribution in [0.15, 0.2) is 22.7 Å². The van der Waals surface area contributed by atoms with Gasteiger partial charge in [-0.1, -0.05) is 12.1 Å². The normalized spacial score (nSPS) is 13.9. The molecule has 0 aliphatic heterocycles. The summed E-state index contributed by atoms with van der Waals surface area (Å²) in [5.74, 6) is -0.608. The van der Waals surface area contributed by atoms with E-state index in [2.05, 4.69) is 15.9 Å². The van der Waals surface area contributed by atoms with Gasteiger partial charge in [0.2, 0.25) is 0 Å². The van der Waals surface area contributed by atoms with E-state index in [9.17, 15) is 22.7 Å². The molecule has 0 amide bonds. The second-order valence-electron chi connectivity index (χ2n) is 3.31. The molecule has 0 heterocycles. The van der Waals surface area contributed by atoms with Crippen molar-refractivity contribution in [2.75, 3.05) is 0 Å². The fraction of sp³-hybridized carbons (Fsp3) is 0.400. The van der Waals surface area contributed by atoms with E-state index in [1.54, 1.807) is 0 Å². The summed E-state index contributed by atoms with van der Waals surface area (Å²) in [6, 6.07) is 3.88. The number of aliphatic hydroxyl groups is 1. The minimum atomic E-state index is -4.32. The number of halogens is 5. The van der Waals surface area contributed by atoms with Crippen LogP contribution in [0, 0.1) is 5.82 Å². The van der Waals surface area contributed by atoms with Gasteiger partial charge in [0.05, 0.1) is 10.6 Å². The van der Waals surface area contributed by atoms with Crippen LogP contribution in [-0.4, -0.2) is 11.3 Å². The number of rotatable bonds is 3. The zero-order valence-electron chi connectivity index (χ0n) is 8.06. The maximum Gasteiger partial charge on any atom is 0.389 e. The van der Waals surface area contributed by atoms with E-state index in [0.717, 1.165) is 6.07 Å². The zero-order valence-corrected chi connectivity index (χ0v) is 9.65. The first-order valence-electron chi connectivity index (χ1n) is 4.50. The van der Waals surface area contributed by atoms with Crippen LogP contribution in [0.2, 0.25) is 0 Å². The average molecular weight is 301 g/mol. The van der Waals surface area contributed by atoms with Crippen LogP contribution in [-0.2, 0) is 0 Å². The second-order valence-corrected chi connectivity index (χ2v) is 4.11. The van der Waals surface area contributed by atoms with Gasteiger partial charge in [-0.05, 0) is 34.0 Å². The highest BCUT2D eigenvalue weighted by Gasteiger charge is 2.28. The zero-order chi connectivity index (χ0) is 12.3. The number of aliphatic hydroxyl groups excluding tert-OH is 1. The molecule has 1 nitrogen and oxygen atoms in total. The molecule has 0 saturated carbocycles. The summed E-state index contributed by atoms with van der Waals surface area (Å²) >= 11 is 2.88. The van der Waals surface area contributed by atoms with Crippen molar-refractivity contribution in [1.82, 2.24) is 0 Å². The smallest absolute Gasteiger partial charge is 0.388 e. The molecular weight excluding hydrogens is 292 g/mol. The van der Waals surface area contributed by atoms with Crippen LogP contribution in [0.3, 0.4) is 0 Å².